The highest BCUT2D eigenvalue weighted by molar-refractivity contribution is 7.18. The Bertz CT molecular complexity index is 613. The van der Waals surface area contributed by atoms with Crippen LogP contribution in [0.25, 0.3) is 21.1 Å². The van der Waals surface area contributed by atoms with Crippen LogP contribution in [0.4, 0.5) is 0 Å². The van der Waals surface area contributed by atoms with Crippen LogP contribution in [0.15, 0.2) is 36.8 Å². The maximum absolute atomic E-state index is 4.58. The third-order valence-electron chi connectivity index (χ3n) is 2.47. The molecular weight excluding hydrogens is 232 g/mol. The molecule has 17 heavy (non-hydrogen) atoms. The topological polar surface area (TPSA) is 54.5 Å². The van der Waals surface area contributed by atoms with Gasteiger partial charge in [-0.05, 0) is 25.1 Å². The first-order valence-corrected chi connectivity index (χ1v) is 6.04. The first-order valence-electron chi connectivity index (χ1n) is 5.22. The Morgan fingerprint density at radius 1 is 1.12 bits per heavy atom. The molecule has 3 heterocycles. The van der Waals surface area contributed by atoms with Gasteiger partial charge in [0.15, 0.2) is 0 Å². The van der Waals surface area contributed by atoms with Gasteiger partial charge in [0, 0.05) is 24.2 Å². The molecule has 3 rings (SSSR count). The average molecular weight is 242 g/mol. The van der Waals surface area contributed by atoms with Crippen molar-refractivity contribution >= 4 is 11.3 Å². The van der Waals surface area contributed by atoms with Crippen molar-refractivity contribution in [3.8, 4) is 21.1 Å². The summed E-state index contributed by atoms with van der Waals surface area (Å²) in [5, 5.41) is 7.94. The number of rotatable bonds is 2. The van der Waals surface area contributed by atoms with Crippen molar-refractivity contribution in [3.05, 3.63) is 42.5 Å². The van der Waals surface area contributed by atoms with Crippen LogP contribution in [-0.4, -0.2) is 20.2 Å². The maximum Gasteiger partial charge on any atom is 0.124 e. The van der Waals surface area contributed by atoms with Crippen molar-refractivity contribution in [3.63, 3.8) is 0 Å². The summed E-state index contributed by atoms with van der Waals surface area (Å²) >= 11 is 1.66. The van der Waals surface area contributed by atoms with Crippen LogP contribution >= 0.6 is 11.3 Å². The van der Waals surface area contributed by atoms with Crippen molar-refractivity contribution in [2.45, 2.75) is 6.92 Å². The second-order valence-corrected chi connectivity index (χ2v) is 4.64. The summed E-state index contributed by atoms with van der Waals surface area (Å²) in [6.45, 7) is 2.01. The molecule has 0 radical (unpaired) electrons. The average Bonchev–Trinajstić information content (AvgIpc) is 2.99. The third kappa shape index (κ3) is 1.85. The molecule has 5 heteroatoms. The van der Waals surface area contributed by atoms with Crippen LogP contribution in [0, 0.1) is 6.92 Å². The van der Waals surface area contributed by atoms with E-state index in [-0.39, 0.29) is 0 Å². The number of nitrogens with one attached hydrogen (secondary N) is 1. The van der Waals surface area contributed by atoms with Gasteiger partial charge in [-0.15, -0.1) is 11.3 Å². The molecule has 0 aliphatic rings. The highest BCUT2D eigenvalue weighted by Crippen LogP contribution is 2.33. The number of H-pyrrole nitrogens is 1. The van der Waals surface area contributed by atoms with E-state index in [1.165, 1.54) is 0 Å². The van der Waals surface area contributed by atoms with Crippen LogP contribution < -0.4 is 0 Å². The summed E-state index contributed by atoms with van der Waals surface area (Å²) in [5.41, 5.74) is 3.13. The van der Waals surface area contributed by atoms with E-state index >= 15 is 0 Å². The molecule has 4 nitrogen and oxygen atoms in total. The Kier molecular flexibility index (Phi) is 2.45. The quantitative estimate of drug-likeness (QED) is 0.751. The Morgan fingerprint density at radius 3 is 2.65 bits per heavy atom. The molecule has 3 aromatic heterocycles. The highest BCUT2D eigenvalue weighted by atomic mass is 32.1. The van der Waals surface area contributed by atoms with E-state index in [2.05, 4.69) is 20.2 Å². The summed E-state index contributed by atoms with van der Waals surface area (Å²) in [4.78, 5) is 9.72. The van der Waals surface area contributed by atoms with Gasteiger partial charge in [-0.2, -0.15) is 5.10 Å². The number of aryl methyl sites for hydroxylation is 1. The van der Waals surface area contributed by atoms with E-state index < -0.39 is 0 Å². The first kappa shape index (κ1) is 10.2. The lowest BCUT2D eigenvalue weighted by Crippen LogP contribution is -1.79. The van der Waals surface area contributed by atoms with Crippen molar-refractivity contribution in [1.82, 2.24) is 20.2 Å². The van der Waals surface area contributed by atoms with Crippen molar-refractivity contribution in [1.29, 1.82) is 0 Å². The molecule has 0 aliphatic carbocycles. The second-order valence-electron chi connectivity index (χ2n) is 3.64. The largest absolute Gasteiger partial charge is 0.277 e. The molecular formula is C12H10N4S. The number of aromatic amines is 1. The third-order valence-corrected chi connectivity index (χ3v) is 3.71. The number of thiazole rings is 1. The summed E-state index contributed by atoms with van der Waals surface area (Å²) in [6, 6.07) is 5.89. The van der Waals surface area contributed by atoms with Crippen molar-refractivity contribution in [2.75, 3.05) is 0 Å². The summed E-state index contributed by atoms with van der Waals surface area (Å²) in [6.07, 6.45) is 5.31. The summed E-state index contributed by atoms with van der Waals surface area (Å²) in [7, 11) is 0. The standard InChI is InChI=1S/C12H10N4S/c1-8-11(10-4-7-14-16-10)17-12(15-8)9-2-5-13-6-3-9/h2-7H,1H3,(H,14,16). The van der Waals surface area contributed by atoms with Gasteiger partial charge in [-0.3, -0.25) is 10.1 Å². The van der Waals surface area contributed by atoms with E-state index in [1.54, 1.807) is 29.9 Å². The zero-order valence-electron chi connectivity index (χ0n) is 9.21. The molecule has 1 N–H and O–H groups in total. The van der Waals surface area contributed by atoms with Gasteiger partial charge in [0.2, 0.25) is 0 Å². The maximum atomic E-state index is 4.58. The number of nitrogens with zero attached hydrogens (tertiary/aromatic N) is 3. The van der Waals surface area contributed by atoms with E-state index in [4.69, 9.17) is 0 Å². The number of aromatic nitrogens is 4. The van der Waals surface area contributed by atoms with Crippen LogP contribution in [0.2, 0.25) is 0 Å². The van der Waals surface area contributed by atoms with Crippen LogP contribution in [0.1, 0.15) is 5.69 Å². The van der Waals surface area contributed by atoms with E-state index in [1.807, 2.05) is 25.1 Å². The smallest absolute Gasteiger partial charge is 0.124 e. The van der Waals surface area contributed by atoms with Gasteiger partial charge in [0.25, 0.3) is 0 Å². The molecule has 0 saturated heterocycles. The van der Waals surface area contributed by atoms with Crippen LogP contribution in [-0.2, 0) is 0 Å². The zero-order chi connectivity index (χ0) is 11.7. The predicted molar refractivity (Wildman–Crippen MR) is 67.7 cm³/mol. The molecule has 0 atom stereocenters. The minimum Gasteiger partial charge on any atom is -0.277 e. The lowest BCUT2D eigenvalue weighted by Gasteiger charge is -1.92. The van der Waals surface area contributed by atoms with Crippen LogP contribution in [0.5, 0.6) is 0 Å². The summed E-state index contributed by atoms with van der Waals surface area (Å²) < 4.78 is 0. The molecule has 0 amide bonds. The number of hydrogen-bond acceptors (Lipinski definition) is 4. The van der Waals surface area contributed by atoms with Gasteiger partial charge in [0.1, 0.15) is 5.01 Å². The van der Waals surface area contributed by atoms with E-state index in [9.17, 15) is 0 Å². The zero-order valence-corrected chi connectivity index (χ0v) is 10.0. The second kappa shape index (κ2) is 4.10. The fraction of sp³-hybridized carbons (Fsp3) is 0.0833. The Morgan fingerprint density at radius 2 is 1.94 bits per heavy atom. The minimum atomic E-state index is 1.01. The molecule has 3 aromatic rings. The Balaban J connectivity index is 2.08. The van der Waals surface area contributed by atoms with Crippen LogP contribution in [0.3, 0.4) is 0 Å². The lowest BCUT2D eigenvalue weighted by atomic mass is 10.3. The molecule has 0 aromatic carbocycles. The van der Waals surface area contributed by atoms with E-state index in [0.29, 0.717) is 0 Å². The molecule has 0 spiro atoms. The minimum absolute atomic E-state index is 1.01. The lowest BCUT2D eigenvalue weighted by molar-refractivity contribution is 1.09. The van der Waals surface area contributed by atoms with E-state index in [0.717, 1.165) is 26.8 Å². The normalized spacial score (nSPS) is 10.6. The van der Waals surface area contributed by atoms with Gasteiger partial charge in [-0.1, -0.05) is 0 Å². The molecule has 0 aliphatic heterocycles. The van der Waals surface area contributed by atoms with Crippen molar-refractivity contribution < 1.29 is 0 Å². The number of pyridine rings is 1. The molecule has 0 fully saturated rings. The number of hydrogen-bond donors (Lipinski definition) is 1. The first-order chi connectivity index (χ1) is 8.34. The fourth-order valence-corrected chi connectivity index (χ4v) is 2.69. The Labute approximate surface area is 102 Å². The van der Waals surface area contributed by atoms with Gasteiger partial charge < -0.3 is 0 Å². The summed E-state index contributed by atoms with van der Waals surface area (Å²) in [5.74, 6) is 0. The van der Waals surface area contributed by atoms with Gasteiger partial charge >= 0.3 is 0 Å². The van der Waals surface area contributed by atoms with Crippen molar-refractivity contribution in [2.24, 2.45) is 0 Å². The molecule has 84 valence electrons. The predicted octanol–water partition coefficient (Wildman–Crippen LogP) is 2.90. The molecule has 0 unspecified atom stereocenters. The van der Waals surface area contributed by atoms with Gasteiger partial charge in [-0.25, -0.2) is 4.98 Å². The highest BCUT2D eigenvalue weighted by Gasteiger charge is 2.11. The molecule has 0 saturated carbocycles. The van der Waals surface area contributed by atoms with Gasteiger partial charge in [0.05, 0.1) is 16.3 Å². The fourth-order valence-electron chi connectivity index (χ4n) is 1.65. The molecule has 0 bridgehead atoms. The Hall–Kier alpha value is -2.01. The SMILES string of the molecule is Cc1nc(-c2ccncc2)sc1-c1ccn[nH]1. The monoisotopic (exact) mass is 242 g/mol.